The Labute approximate surface area is 196 Å². The quantitative estimate of drug-likeness (QED) is 0.476. The molecule has 2 rings (SSSR count). The fraction of sp³-hybridized carbons (Fsp3) is 0.542. The van der Waals surface area contributed by atoms with E-state index in [0.29, 0.717) is 18.0 Å². The minimum atomic E-state index is -0.884. The molecule has 0 aromatic heterocycles. The second kappa shape index (κ2) is 10.7. The predicted octanol–water partition coefficient (Wildman–Crippen LogP) is 3.40. The lowest BCUT2D eigenvalue weighted by Crippen LogP contribution is -2.53. The van der Waals surface area contributed by atoms with Crippen LogP contribution in [0.25, 0.3) is 0 Å². The van der Waals surface area contributed by atoms with Gasteiger partial charge in [0.25, 0.3) is 0 Å². The van der Waals surface area contributed by atoms with Crippen LogP contribution in [0.4, 0.5) is 9.59 Å². The molecule has 182 valence electrons. The summed E-state index contributed by atoms with van der Waals surface area (Å²) >= 11 is 0. The van der Waals surface area contributed by atoms with E-state index >= 15 is 0 Å². The van der Waals surface area contributed by atoms with Gasteiger partial charge in [-0.2, -0.15) is 0 Å². The number of alkyl carbamates (subject to hydrolysis) is 1. The number of likely N-dealkylation sites (tertiary alicyclic amines) is 1. The SMILES string of the molecule is CCOC(=O)N/C(NC)=C1/CN(C(=O)NC(c2ccccc2)C(C)(C)COC)C(C)(C)C1=N. The van der Waals surface area contributed by atoms with E-state index in [1.165, 1.54) is 0 Å². The molecule has 1 aromatic carbocycles. The van der Waals surface area contributed by atoms with Gasteiger partial charge in [-0.25, -0.2) is 9.59 Å². The van der Waals surface area contributed by atoms with Gasteiger partial charge in [-0.1, -0.05) is 44.2 Å². The minimum Gasteiger partial charge on any atom is -0.450 e. The molecule has 9 nitrogen and oxygen atoms in total. The Morgan fingerprint density at radius 2 is 1.88 bits per heavy atom. The number of carbonyl (C=O) groups excluding carboxylic acids is 2. The molecule has 1 fully saturated rings. The van der Waals surface area contributed by atoms with Crippen LogP contribution in [0, 0.1) is 10.8 Å². The summed E-state index contributed by atoms with van der Waals surface area (Å²) < 4.78 is 10.4. The topological polar surface area (TPSA) is 116 Å². The average molecular weight is 460 g/mol. The molecule has 1 saturated heterocycles. The minimum absolute atomic E-state index is 0.159. The van der Waals surface area contributed by atoms with Crippen molar-refractivity contribution >= 4 is 17.8 Å². The smallest absolute Gasteiger partial charge is 0.412 e. The Bertz CT molecular complexity index is 895. The third-order valence-electron chi connectivity index (χ3n) is 5.90. The molecule has 3 amide bonds. The summed E-state index contributed by atoms with van der Waals surface area (Å²) in [5, 5.41) is 17.4. The van der Waals surface area contributed by atoms with Gasteiger partial charge in [-0.15, -0.1) is 0 Å². The van der Waals surface area contributed by atoms with Crippen molar-refractivity contribution in [3.63, 3.8) is 0 Å². The summed E-state index contributed by atoms with van der Waals surface area (Å²) in [6, 6.07) is 9.15. The Hall–Kier alpha value is -3.07. The molecule has 4 N–H and O–H groups in total. The molecule has 0 saturated carbocycles. The van der Waals surface area contributed by atoms with Crippen LogP contribution in [-0.4, -0.2) is 62.2 Å². The zero-order valence-electron chi connectivity index (χ0n) is 20.7. The van der Waals surface area contributed by atoms with Crippen LogP contribution in [0.5, 0.6) is 0 Å². The molecule has 1 atom stereocenters. The number of hydrogen-bond donors (Lipinski definition) is 4. The van der Waals surface area contributed by atoms with Crippen molar-refractivity contribution < 1.29 is 19.1 Å². The molecule has 0 radical (unpaired) electrons. The zero-order valence-corrected chi connectivity index (χ0v) is 20.7. The fourth-order valence-corrected chi connectivity index (χ4v) is 4.06. The van der Waals surface area contributed by atoms with Gasteiger partial charge in [0.05, 0.1) is 37.1 Å². The van der Waals surface area contributed by atoms with Crippen molar-refractivity contribution in [3.05, 3.63) is 47.3 Å². The van der Waals surface area contributed by atoms with E-state index in [-0.39, 0.29) is 36.4 Å². The van der Waals surface area contributed by atoms with Crippen LogP contribution >= 0.6 is 0 Å². The standard InChI is InChI=1S/C24H37N5O4/c1-8-33-22(31)28-20(26-6)17-14-29(24(4,5)18(17)25)21(30)27-19(23(2,3)15-32-7)16-12-10-9-11-13-16/h9-13,19,25-26H,8,14-15H2,1-7H3,(H,27,30)(H,28,31)/b20-17-,25-18?. The molecule has 0 bridgehead atoms. The molecule has 9 heteroatoms. The predicted molar refractivity (Wildman–Crippen MR) is 128 cm³/mol. The summed E-state index contributed by atoms with van der Waals surface area (Å²) in [6.45, 7) is 10.3. The maximum atomic E-state index is 13.5. The van der Waals surface area contributed by atoms with Crippen LogP contribution in [0.1, 0.15) is 46.2 Å². The maximum absolute atomic E-state index is 13.5. The summed E-state index contributed by atoms with van der Waals surface area (Å²) in [7, 11) is 3.29. The zero-order chi connectivity index (χ0) is 24.8. The third-order valence-corrected chi connectivity index (χ3v) is 5.90. The highest BCUT2D eigenvalue weighted by Gasteiger charge is 2.46. The molecule has 0 spiro atoms. The molecule has 1 aromatic rings. The highest BCUT2D eigenvalue weighted by Crippen LogP contribution is 2.36. The van der Waals surface area contributed by atoms with Gasteiger partial charge >= 0.3 is 12.1 Å². The van der Waals surface area contributed by atoms with Crippen molar-refractivity contribution in [2.24, 2.45) is 5.41 Å². The number of urea groups is 1. The van der Waals surface area contributed by atoms with Gasteiger partial charge < -0.3 is 30.4 Å². The Morgan fingerprint density at radius 3 is 2.42 bits per heavy atom. The number of ether oxygens (including phenoxy) is 2. The van der Waals surface area contributed by atoms with Crippen molar-refractivity contribution in [2.75, 3.05) is 33.9 Å². The second-order valence-corrected chi connectivity index (χ2v) is 9.18. The van der Waals surface area contributed by atoms with Crippen LogP contribution in [0.3, 0.4) is 0 Å². The van der Waals surface area contributed by atoms with Gasteiger partial charge in [-0.3, -0.25) is 5.32 Å². The largest absolute Gasteiger partial charge is 0.450 e. The van der Waals surface area contributed by atoms with Gasteiger partial charge in [0, 0.05) is 25.1 Å². The van der Waals surface area contributed by atoms with Crippen LogP contribution in [-0.2, 0) is 9.47 Å². The Morgan fingerprint density at radius 1 is 1.24 bits per heavy atom. The van der Waals surface area contributed by atoms with Crippen molar-refractivity contribution in [3.8, 4) is 0 Å². The van der Waals surface area contributed by atoms with Gasteiger partial charge in [0.15, 0.2) is 0 Å². The highest BCUT2D eigenvalue weighted by molar-refractivity contribution is 6.10. The molecule has 1 aliphatic heterocycles. The number of nitrogens with one attached hydrogen (secondary N) is 4. The first-order valence-corrected chi connectivity index (χ1v) is 11.1. The van der Waals surface area contributed by atoms with Crippen LogP contribution in [0.15, 0.2) is 41.7 Å². The molecular formula is C24H37N5O4. The van der Waals surface area contributed by atoms with Gasteiger partial charge in [-0.05, 0) is 26.3 Å². The van der Waals surface area contributed by atoms with Gasteiger partial charge in [0.1, 0.15) is 5.82 Å². The first-order valence-electron chi connectivity index (χ1n) is 11.1. The number of hydrogen-bond acceptors (Lipinski definition) is 6. The molecule has 0 aliphatic carbocycles. The maximum Gasteiger partial charge on any atom is 0.412 e. The number of amides is 3. The van der Waals surface area contributed by atoms with E-state index in [1.54, 1.807) is 26.0 Å². The fourth-order valence-electron chi connectivity index (χ4n) is 4.06. The molecular weight excluding hydrogens is 422 g/mol. The number of benzene rings is 1. The molecule has 1 aliphatic rings. The molecule has 1 heterocycles. The third kappa shape index (κ3) is 5.84. The summed E-state index contributed by atoms with van der Waals surface area (Å²) in [4.78, 5) is 27.1. The lowest BCUT2D eigenvalue weighted by Gasteiger charge is -2.38. The first-order chi connectivity index (χ1) is 15.5. The van der Waals surface area contributed by atoms with Crippen LogP contribution in [0.2, 0.25) is 0 Å². The van der Waals surface area contributed by atoms with E-state index in [0.717, 1.165) is 5.56 Å². The summed E-state index contributed by atoms with van der Waals surface area (Å²) in [5.74, 6) is 0.348. The highest BCUT2D eigenvalue weighted by atomic mass is 16.5. The van der Waals surface area contributed by atoms with Crippen molar-refractivity contribution in [2.45, 2.75) is 46.2 Å². The molecule has 1 unspecified atom stereocenters. The van der Waals surface area contributed by atoms with Crippen molar-refractivity contribution in [1.29, 1.82) is 5.41 Å². The van der Waals surface area contributed by atoms with Gasteiger partial charge in [0.2, 0.25) is 0 Å². The van der Waals surface area contributed by atoms with E-state index in [1.807, 2.05) is 58.0 Å². The van der Waals surface area contributed by atoms with E-state index < -0.39 is 11.6 Å². The number of methoxy groups -OCH3 is 1. The van der Waals surface area contributed by atoms with Crippen LogP contribution < -0.4 is 16.0 Å². The monoisotopic (exact) mass is 459 g/mol. The summed E-state index contributed by atoms with van der Waals surface area (Å²) in [6.07, 6.45) is -0.617. The Balaban J connectivity index is 2.36. The van der Waals surface area contributed by atoms with Crippen molar-refractivity contribution in [1.82, 2.24) is 20.9 Å². The number of carbonyl (C=O) groups is 2. The lowest BCUT2D eigenvalue weighted by atomic mass is 9.81. The first kappa shape index (κ1) is 26.2. The lowest BCUT2D eigenvalue weighted by molar-refractivity contribution is 0.0732. The summed E-state index contributed by atoms with van der Waals surface area (Å²) in [5.41, 5.74) is 0.466. The second-order valence-electron chi connectivity index (χ2n) is 9.18. The normalized spacial score (nSPS) is 17.9. The number of rotatable bonds is 8. The van der Waals surface area contributed by atoms with E-state index in [9.17, 15) is 9.59 Å². The van der Waals surface area contributed by atoms with E-state index in [4.69, 9.17) is 14.9 Å². The van der Waals surface area contributed by atoms with E-state index in [2.05, 4.69) is 16.0 Å². The number of nitrogens with zero attached hydrogens (tertiary/aromatic N) is 1. The Kier molecular flexibility index (Phi) is 8.49. The average Bonchev–Trinajstić information content (AvgIpc) is 3.00. The molecule has 33 heavy (non-hydrogen) atoms.